The largest absolute Gasteiger partial charge is 0.345 e. The number of carbonyl (C=O) groups is 3. The fraction of sp³-hybridized carbons (Fsp3) is 0.278. The van der Waals surface area contributed by atoms with Crippen LogP contribution in [0, 0.1) is 20.8 Å². The lowest BCUT2D eigenvalue weighted by molar-refractivity contribution is -0.123. The first kappa shape index (κ1) is 18.7. The number of thiophene rings is 1. The second-order valence-corrected chi connectivity index (χ2v) is 6.95. The van der Waals surface area contributed by atoms with Gasteiger partial charge in [0.1, 0.15) is 0 Å². The van der Waals surface area contributed by atoms with Crippen LogP contribution in [0.15, 0.2) is 30.3 Å². The van der Waals surface area contributed by atoms with E-state index in [0.717, 1.165) is 21.7 Å². The van der Waals surface area contributed by atoms with Crippen LogP contribution in [-0.2, 0) is 9.59 Å². The van der Waals surface area contributed by atoms with Crippen LogP contribution >= 0.6 is 11.3 Å². The van der Waals surface area contributed by atoms with Gasteiger partial charge in [-0.05, 0) is 50.1 Å². The van der Waals surface area contributed by atoms with Gasteiger partial charge in [0.05, 0.1) is 18.0 Å². The Kier molecular flexibility index (Phi) is 6.30. The summed E-state index contributed by atoms with van der Waals surface area (Å²) >= 11 is 1.36. The third-order valence-corrected chi connectivity index (χ3v) is 4.70. The van der Waals surface area contributed by atoms with Crippen molar-refractivity contribution < 1.29 is 14.4 Å². The van der Waals surface area contributed by atoms with Gasteiger partial charge in [0.2, 0.25) is 11.8 Å². The molecule has 1 heterocycles. The van der Waals surface area contributed by atoms with Gasteiger partial charge >= 0.3 is 0 Å². The van der Waals surface area contributed by atoms with E-state index in [4.69, 9.17) is 0 Å². The summed E-state index contributed by atoms with van der Waals surface area (Å²) in [6.45, 7) is 5.46. The summed E-state index contributed by atoms with van der Waals surface area (Å²) in [4.78, 5) is 37.1. The second-order valence-electron chi connectivity index (χ2n) is 5.67. The Hall–Kier alpha value is -2.67. The topological polar surface area (TPSA) is 87.3 Å². The van der Waals surface area contributed by atoms with E-state index in [1.165, 1.54) is 11.3 Å². The summed E-state index contributed by atoms with van der Waals surface area (Å²) < 4.78 is 0. The van der Waals surface area contributed by atoms with Crippen LogP contribution in [0.25, 0.3) is 0 Å². The minimum atomic E-state index is -0.419. The van der Waals surface area contributed by atoms with Gasteiger partial charge in [-0.2, -0.15) is 0 Å². The summed E-state index contributed by atoms with van der Waals surface area (Å²) in [5.74, 6) is -1.03. The Morgan fingerprint density at radius 1 is 0.920 bits per heavy atom. The SMILES string of the molecule is Cc1ccc(C(=O)NCC(=O)NCC(=O)Nc2cccc(C)c2C)s1. The van der Waals surface area contributed by atoms with Crippen molar-refractivity contribution in [2.45, 2.75) is 20.8 Å². The molecular weight excluding hydrogens is 338 g/mol. The molecule has 25 heavy (non-hydrogen) atoms. The lowest BCUT2D eigenvalue weighted by Crippen LogP contribution is -2.40. The first-order valence-corrected chi connectivity index (χ1v) is 8.66. The molecule has 7 heteroatoms. The minimum Gasteiger partial charge on any atom is -0.345 e. The molecule has 0 aliphatic heterocycles. The fourth-order valence-corrected chi connectivity index (χ4v) is 2.91. The lowest BCUT2D eigenvalue weighted by Gasteiger charge is -2.11. The first-order chi connectivity index (χ1) is 11.9. The predicted octanol–water partition coefficient (Wildman–Crippen LogP) is 2.16. The quantitative estimate of drug-likeness (QED) is 0.739. The minimum absolute atomic E-state index is 0.153. The van der Waals surface area contributed by atoms with Gasteiger partial charge in [0.15, 0.2) is 0 Å². The van der Waals surface area contributed by atoms with Crippen molar-refractivity contribution in [3.05, 3.63) is 51.2 Å². The van der Waals surface area contributed by atoms with E-state index < -0.39 is 5.91 Å². The number of nitrogens with one attached hydrogen (secondary N) is 3. The Balaban J connectivity index is 1.75. The molecule has 0 unspecified atom stereocenters. The molecule has 0 radical (unpaired) electrons. The lowest BCUT2D eigenvalue weighted by atomic mass is 10.1. The van der Waals surface area contributed by atoms with E-state index in [1.807, 2.05) is 45.0 Å². The van der Waals surface area contributed by atoms with E-state index in [9.17, 15) is 14.4 Å². The number of benzene rings is 1. The van der Waals surface area contributed by atoms with Crippen LogP contribution in [0.2, 0.25) is 0 Å². The summed E-state index contributed by atoms with van der Waals surface area (Å²) in [6, 6.07) is 9.19. The number of hydrogen-bond acceptors (Lipinski definition) is 4. The van der Waals surface area contributed by atoms with Crippen molar-refractivity contribution in [1.29, 1.82) is 0 Å². The predicted molar refractivity (Wildman–Crippen MR) is 98.9 cm³/mol. The number of anilines is 1. The Morgan fingerprint density at radius 2 is 1.64 bits per heavy atom. The van der Waals surface area contributed by atoms with Crippen molar-refractivity contribution in [1.82, 2.24) is 10.6 Å². The molecule has 0 aliphatic carbocycles. The van der Waals surface area contributed by atoms with Gasteiger partial charge in [0, 0.05) is 10.6 Å². The second kappa shape index (κ2) is 8.43. The zero-order valence-electron chi connectivity index (χ0n) is 14.4. The highest BCUT2D eigenvalue weighted by molar-refractivity contribution is 7.13. The van der Waals surface area contributed by atoms with Crippen LogP contribution in [0.3, 0.4) is 0 Å². The molecule has 3 amide bonds. The molecule has 0 aliphatic rings. The highest BCUT2D eigenvalue weighted by atomic mass is 32.1. The first-order valence-electron chi connectivity index (χ1n) is 7.84. The monoisotopic (exact) mass is 359 g/mol. The summed E-state index contributed by atoms with van der Waals surface area (Å²) in [5, 5.41) is 7.78. The molecule has 132 valence electrons. The smallest absolute Gasteiger partial charge is 0.261 e. The van der Waals surface area contributed by atoms with Gasteiger partial charge in [-0.3, -0.25) is 14.4 Å². The Bertz CT molecular complexity index is 799. The number of aryl methyl sites for hydroxylation is 2. The van der Waals surface area contributed by atoms with E-state index in [1.54, 1.807) is 6.07 Å². The standard InChI is InChI=1S/C18H21N3O3S/c1-11-5-4-6-14(13(11)3)21-17(23)10-19-16(22)9-20-18(24)15-8-7-12(2)25-15/h4-8H,9-10H2,1-3H3,(H,19,22)(H,20,24)(H,21,23). The van der Waals surface area contributed by atoms with Crippen molar-refractivity contribution in [2.75, 3.05) is 18.4 Å². The molecule has 0 atom stereocenters. The maximum atomic E-state index is 11.9. The Morgan fingerprint density at radius 3 is 2.32 bits per heavy atom. The summed E-state index contributed by atoms with van der Waals surface area (Å²) in [5.41, 5.74) is 2.79. The average molecular weight is 359 g/mol. The van der Waals surface area contributed by atoms with E-state index >= 15 is 0 Å². The molecule has 0 fully saturated rings. The van der Waals surface area contributed by atoms with Crippen LogP contribution in [0.1, 0.15) is 25.7 Å². The van der Waals surface area contributed by atoms with Crippen molar-refractivity contribution in [3.63, 3.8) is 0 Å². The molecule has 2 aromatic rings. The van der Waals surface area contributed by atoms with Gasteiger partial charge in [-0.25, -0.2) is 0 Å². The molecule has 0 saturated carbocycles. The van der Waals surface area contributed by atoms with Crippen molar-refractivity contribution >= 4 is 34.7 Å². The number of carbonyl (C=O) groups excluding carboxylic acids is 3. The van der Waals surface area contributed by atoms with Gasteiger partial charge in [0.25, 0.3) is 5.91 Å². The molecule has 2 rings (SSSR count). The molecular formula is C18H21N3O3S. The molecule has 0 bridgehead atoms. The van der Waals surface area contributed by atoms with Crippen molar-refractivity contribution in [3.8, 4) is 0 Å². The van der Waals surface area contributed by atoms with Crippen LogP contribution in [0.4, 0.5) is 5.69 Å². The number of rotatable bonds is 6. The molecule has 3 N–H and O–H groups in total. The zero-order chi connectivity index (χ0) is 18.4. The third kappa shape index (κ3) is 5.42. The van der Waals surface area contributed by atoms with Gasteiger partial charge in [-0.1, -0.05) is 12.1 Å². The van der Waals surface area contributed by atoms with Crippen LogP contribution in [-0.4, -0.2) is 30.8 Å². The maximum Gasteiger partial charge on any atom is 0.261 e. The normalized spacial score (nSPS) is 10.2. The van der Waals surface area contributed by atoms with E-state index in [0.29, 0.717) is 4.88 Å². The average Bonchev–Trinajstić information content (AvgIpc) is 3.01. The number of amides is 3. The highest BCUT2D eigenvalue weighted by Gasteiger charge is 2.11. The molecule has 1 aromatic carbocycles. The van der Waals surface area contributed by atoms with Gasteiger partial charge < -0.3 is 16.0 Å². The fourth-order valence-electron chi connectivity index (χ4n) is 2.13. The highest BCUT2D eigenvalue weighted by Crippen LogP contribution is 2.17. The Labute approximate surface area is 150 Å². The van der Waals surface area contributed by atoms with Crippen LogP contribution in [0.5, 0.6) is 0 Å². The summed E-state index contributed by atoms with van der Waals surface area (Å²) in [7, 11) is 0. The molecule has 0 saturated heterocycles. The van der Waals surface area contributed by atoms with Crippen LogP contribution < -0.4 is 16.0 Å². The molecule has 6 nitrogen and oxygen atoms in total. The maximum absolute atomic E-state index is 11.9. The van der Waals surface area contributed by atoms with Gasteiger partial charge in [-0.15, -0.1) is 11.3 Å². The zero-order valence-corrected chi connectivity index (χ0v) is 15.3. The third-order valence-electron chi connectivity index (χ3n) is 3.70. The molecule has 1 aromatic heterocycles. The summed E-state index contributed by atoms with van der Waals surface area (Å²) in [6.07, 6.45) is 0. The molecule has 0 spiro atoms. The van der Waals surface area contributed by atoms with E-state index in [-0.39, 0.29) is 24.9 Å². The number of hydrogen-bond donors (Lipinski definition) is 3. The van der Waals surface area contributed by atoms with Crippen molar-refractivity contribution in [2.24, 2.45) is 0 Å². The van der Waals surface area contributed by atoms with E-state index in [2.05, 4.69) is 16.0 Å².